The van der Waals surface area contributed by atoms with E-state index in [1.54, 1.807) is 0 Å². The van der Waals surface area contributed by atoms with Crippen LogP contribution in [0.3, 0.4) is 0 Å². The Labute approximate surface area is 98.8 Å². The molecule has 1 atom stereocenters. The molecule has 0 radical (unpaired) electrons. The number of hydrogen-bond donors (Lipinski definition) is 1. The number of rotatable bonds is 6. The molecule has 1 rings (SSSR count). The van der Waals surface area contributed by atoms with E-state index in [0.717, 1.165) is 19.5 Å². The van der Waals surface area contributed by atoms with Gasteiger partial charge in [-0.15, -0.1) is 0 Å². The minimum Gasteiger partial charge on any atom is -0.481 e. The van der Waals surface area contributed by atoms with Gasteiger partial charge < -0.3 is 5.11 Å². The molecule has 94 valence electrons. The summed E-state index contributed by atoms with van der Waals surface area (Å²) in [6.07, 6.45) is 4.89. The first-order valence-corrected chi connectivity index (χ1v) is 6.52. The predicted octanol–water partition coefficient (Wildman–Crippen LogP) is 2.75. The summed E-state index contributed by atoms with van der Waals surface area (Å²) in [5.41, 5.74) is 0.450. The van der Waals surface area contributed by atoms with Gasteiger partial charge in [-0.05, 0) is 37.6 Å². The molecule has 0 aromatic rings. The van der Waals surface area contributed by atoms with Gasteiger partial charge >= 0.3 is 5.97 Å². The van der Waals surface area contributed by atoms with E-state index in [2.05, 4.69) is 25.7 Å². The van der Waals surface area contributed by atoms with E-state index in [1.807, 2.05) is 0 Å². The van der Waals surface area contributed by atoms with Crippen LogP contribution in [0.15, 0.2) is 0 Å². The third-order valence-electron chi connectivity index (χ3n) is 4.37. The lowest BCUT2D eigenvalue weighted by Gasteiger charge is -2.30. The fourth-order valence-corrected chi connectivity index (χ4v) is 2.84. The summed E-state index contributed by atoms with van der Waals surface area (Å²) in [5.74, 6) is -0.669. The molecule has 0 amide bonds. The fraction of sp³-hybridized carbons (Fsp3) is 0.923. The highest BCUT2D eigenvalue weighted by atomic mass is 16.4. The molecule has 0 aliphatic carbocycles. The van der Waals surface area contributed by atoms with Crippen LogP contribution in [0.4, 0.5) is 0 Å². The van der Waals surface area contributed by atoms with Gasteiger partial charge in [-0.2, -0.15) is 0 Å². The first-order chi connectivity index (χ1) is 7.56. The van der Waals surface area contributed by atoms with Crippen LogP contribution in [0.2, 0.25) is 0 Å². The van der Waals surface area contributed by atoms with Crippen LogP contribution in [0.5, 0.6) is 0 Å². The van der Waals surface area contributed by atoms with E-state index in [9.17, 15) is 4.79 Å². The molecule has 3 nitrogen and oxygen atoms in total. The Morgan fingerprint density at radius 2 is 2.00 bits per heavy atom. The Morgan fingerprint density at radius 1 is 1.38 bits per heavy atom. The third kappa shape index (κ3) is 2.97. The van der Waals surface area contributed by atoms with E-state index < -0.39 is 5.97 Å². The van der Waals surface area contributed by atoms with Gasteiger partial charge in [-0.3, -0.25) is 9.69 Å². The Balaban J connectivity index is 2.59. The van der Waals surface area contributed by atoms with Crippen molar-refractivity contribution in [1.82, 2.24) is 4.90 Å². The molecule has 1 N–H and O–H groups in total. The summed E-state index contributed by atoms with van der Waals surface area (Å²) in [5, 5.41) is 8.89. The van der Waals surface area contributed by atoms with Crippen LogP contribution < -0.4 is 0 Å². The first-order valence-electron chi connectivity index (χ1n) is 6.52. The van der Waals surface area contributed by atoms with Gasteiger partial charge in [0.15, 0.2) is 0 Å². The van der Waals surface area contributed by atoms with Crippen LogP contribution in [-0.4, -0.2) is 35.1 Å². The molecule has 1 unspecified atom stereocenters. The van der Waals surface area contributed by atoms with E-state index in [0.29, 0.717) is 11.8 Å². The Morgan fingerprint density at radius 3 is 2.38 bits per heavy atom. The van der Waals surface area contributed by atoms with E-state index >= 15 is 0 Å². The SMILES string of the molecule is CCC(CC(=O)O)N1CCC(CC)(CC)C1. The lowest BCUT2D eigenvalue weighted by molar-refractivity contribution is -0.138. The fourth-order valence-electron chi connectivity index (χ4n) is 2.84. The van der Waals surface area contributed by atoms with Gasteiger partial charge in [0.25, 0.3) is 0 Å². The molecular weight excluding hydrogens is 202 g/mol. The van der Waals surface area contributed by atoms with E-state index in [4.69, 9.17) is 5.11 Å². The van der Waals surface area contributed by atoms with Gasteiger partial charge in [0.05, 0.1) is 6.42 Å². The maximum atomic E-state index is 10.8. The number of hydrogen-bond acceptors (Lipinski definition) is 2. The zero-order valence-electron chi connectivity index (χ0n) is 10.8. The van der Waals surface area contributed by atoms with Crippen LogP contribution in [0.25, 0.3) is 0 Å². The molecule has 0 spiro atoms. The number of likely N-dealkylation sites (tertiary alicyclic amines) is 1. The topological polar surface area (TPSA) is 40.5 Å². The minimum atomic E-state index is -0.669. The molecule has 3 heteroatoms. The van der Waals surface area contributed by atoms with Gasteiger partial charge in [0.2, 0.25) is 0 Å². The van der Waals surface area contributed by atoms with Crippen molar-refractivity contribution in [2.45, 2.75) is 58.9 Å². The molecule has 1 aliphatic heterocycles. The van der Waals surface area contributed by atoms with Crippen LogP contribution in [0.1, 0.15) is 52.9 Å². The van der Waals surface area contributed by atoms with Gasteiger partial charge in [0.1, 0.15) is 0 Å². The number of carboxylic acid groups (broad SMARTS) is 1. The highest BCUT2D eigenvalue weighted by Crippen LogP contribution is 2.38. The average molecular weight is 227 g/mol. The Bertz CT molecular complexity index is 236. The van der Waals surface area contributed by atoms with E-state index in [1.165, 1.54) is 19.3 Å². The summed E-state index contributed by atoms with van der Waals surface area (Å²) in [7, 11) is 0. The molecule has 1 saturated heterocycles. The van der Waals surface area contributed by atoms with Crippen molar-refractivity contribution in [3.63, 3.8) is 0 Å². The maximum absolute atomic E-state index is 10.8. The highest BCUT2D eigenvalue weighted by Gasteiger charge is 2.37. The quantitative estimate of drug-likeness (QED) is 0.758. The monoisotopic (exact) mass is 227 g/mol. The molecule has 0 bridgehead atoms. The molecule has 0 aromatic carbocycles. The number of carboxylic acids is 1. The van der Waals surface area contributed by atoms with Crippen LogP contribution >= 0.6 is 0 Å². The largest absolute Gasteiger partial charge is 0.481 e. The molecular formula is C13H25NO2. The van der Waals surface area contributed by atoms with Crippen molar-refractivity contribution >= 4 is 5.97 Å². The summed E-state index contributed by atoms with van der Waals surface area (Å²) >= 11 is 0. The van der Waals surface area contributed by atoms with Crippen molar-refractivity contribution in [3.8, 4) is 0 Å². The molecule has 1 heterocycles. The summed E-state index contributed by atoms with van der Waals surface area (Å²) in [6, 6.07) is 0.234. The normalized spacial score (nSPS) is 22.2. The van der Waals surface area contributed by atoms with Crippen molar-refractivity contribution in [3.05, 3.63) is 0 Å². The number of carbonyl (C=O) groups is 1. The number of nitrogens with zero attached hydrogens (tertiary/aromatic N) is 1. The minimum absolute atomic E-state index is 0.234. The average Bonchev–Trinajstić information content (AvgIpc) is 2.70. The maximum Gasteiger partial charge on any atom is 0.304 e. The summed E-state index contributed by atoms with van der Waals surface area (Å²) in [6.45, 7) is 8.76. The van der Waals surface area contributed by atoms with Crippen molar-refractivity contribution in [2.24, 2.45) is 5.41 Å². The van der Waals surface area contributed by atoms with Crippen molar-refractivity contribution in [1.29, 1.82) is 0 Å². The lowest BCUT2D eigenvalue weighted by atomic mass is 9.82. The number of aliphatic carboxylic acids is 1. The van der Waals surface area contributed by atoms with Gasteiger partial charge in [0, 0.05) is 12.6 Å². The lowest BCUT2D eigenvalue weighted by Crippen LogP contribution is -2.36. The standard InChI is InChI=1S/C13H25NO2/c1-4-11(9-12(15)16)14-8-7-13(5-2,6-3)10-14/h11H,4-10H2,1-3H3,(H,15,16). The van der Waals surface area contributed by atoms with Crippen molar-refractivity contribution in [2.75, 3.05) is 13.1 Å². The third-order valence-corrected chi connectivity index (χ3v) is 4.37. The van der Waals surface area contributed by atoms with E-state index in [-0.39, 0.29) is 6.04 Å². The smallest absolute Gasteiger partial charge is 0.304 e. The second kappa shape index (κ2) is 5.67. The second-order valence-electron chi connectivity index (χ2n) is 5.09. The highest BCUT2D eigenvalue weighted by molar-refractivity contribution is 5.67. The zero-order valence-corrected chi connectivity index (χ0v) is 10.8. The summed E-state index contributed by atoms with van der Waals surface area (Å²) in [4.78, 5) is 13.2. The first kappa shape index (κ1) is 13.5. The second-order valence-corrected chi connectivity index (χ2v) is 5.09. The zero-order chi connectivity index (χ0) is 12.2. The molecule has 0 saturated carbocycles. The predicted molar refractivity (Wildman–Crippen MR) is 65.5 cm³/mol. The molecule has 0 aromatic heterocycles. The van der Waals surface area contributed by atoms with Gasteiger partial charge in [-0.25, -0.2) is 0 Å². The molecule has 1 fully saturated rings. The van der Waals surface area contributed by atoms with Gasteiger partial charge in [-0.1, -0.05) is 20.8 Å². The Kier molecular flexibility index (Phi) is 4.78. The van der Waals surface area contributed by atoms with Crippen LogP contribution in [-0.2, 0) is 4.79 Å². The molecule has 1 aliphatic rings. The van der Waals surface area contributed by atoms with Crippen LogP contribution in [0, 0.1) is 5.41 Å². The Hall–Kier alpha value is -0.570. The molecule has 16 heavy (non-hydrogen) atoms. The summed E-state index contributed by atoms with van der Waals surface area (Å²) < 4.78 is 0. The van der Waals surface area contributed by atoms with Crippen molar-refractivity contribution < 1.29 is 9.90 Å².